The first-order valence-corrected chi connectivity index (χ1v) is 13.5. The number of alkyl halides is 3. The molecular formula is C28H21Cl2F3N2O6S. The Hall–Kier alpha value is -3.87. The minimum atomic E-state index is -4.66. The van der Waals surface area contributed by atoms with Crippen LogP contribution in [0.2, 0.25) is 10.0 Å². The predicted molar refractivity (Wildman–Crippen MR) is 153 cm³/mol. The van der Waals surface area contributed by atoms with E-state index in [4.69, 9.17) is 37.4 Å². The van der Waals surface area contributed by atoms with Crippen LogP contribution >= 0.6 is 35.0 Å². The van der Waals surface area contributed by atoms with Crippen LogP contribution in [0.25, 0.3) is 6.08 Å². The van der Waals surface area contributed by atoms with E-state index in [0.717, 1.165) is 17.7 Å². The summed E-state index contributed by atoms with van der Waals surface area (Å²) in [5.41, 5.74) is -0.142. The maximum atomic E-state index is 13.1. The van der Waals surface area contributed by atoms with Crippen molar-refractivity contribution >= 4 is 63.8 Å². The quantitative estimate of drug-likeness (QED) is 0.246. The number of benzene rings is 3. The van der Waals surface area contributed by atoms with Gasteiger partial charge in [0, 0.05) is 10.6 Å². The van der Waals surface area contributed by atoms with Gasteiger partial charge in [0.15, 0.2) is 11.5 Å². The molecule has 1 aliphatic rings. The van der Waals surface area contributed by atoms with E-state index in [9.17, 15) is 27.6 Å². The molecule has 0 spiro atoms. The van der Waals surface area contributed by atoms with Crippen molar-refractivity contribution in [1.82, 2.24) is 4.90 Å². The molecule has 3 aromatic rings. The maximum absolute atomic E-state index is 13.1. The van der Waals surface area contributed by atoms with Crippen LogP contribution in [-0.4, -0.2) is 42.7 Å². The Labute approximate surface area is 252 Å². The molecule has 1 saturated heterocycles. The van der Waals surface area contributed by atoms with Crippen molar-refractivity contribution in [2.24, 2.45) is 0 Å². The Kier molecular flexibility index (Phi) is 9.60. The molecule has 14 heteroatoms. The van der Waals surface area contributed by atoms with E-state index < -0.39 is 35.3 Å². The van der Waals surface area contributed by atoms with Crippen LogP contribution < -0.4 is 19.5 Å². The van der Waals surface area contributed by atoms with Crippen molar-refractivity contribution in [2.75, 3.05) is 26.1 Å². The Morgan fingerprint density at radius 1 is 1.00 bits per heavy atom. The van der Waals surface area contributed by atoms with Crippen molar-refractivity contribution in [3.8, 4) is 17.2 Å². The van der Waals surface area contributed by atoms with Crippen molar-refractivity contribution in [3.63, 3.8) is 0 Å². The fraction of sp³-hybridized carbons (Fsp3) is 0.179. The topological polar surface area (TPSA) is 94.2 Å². The molecule has 4 rings (SSSR count). The summed E-state index contributed by atoms with van der Waals surface area (Å²) in [6.45, 7) is -0.622. The number of hydrogen-bond acceptors (Lipinski definition) is 7. The first-order valence-electron chi connectivity index (χ1n) is 12.0. The number of nitrogens with one attached hydrogen (secondary N) is 1. The first kappa shape index (κ1) is 31.1. The first-order chi connectivity index (χ1) is 19.9. The van der Waals surface area contributed by atoms with E-state index in [-0.39, 0.29) is 39.5 Å². The summed E-state index contributed by atoms with van der Waals surface area (Å²) in [5.74, 6) is -1.21. The summed E-state index contributed by atoms with van der Waals surface area (Å²) >= 11 is 13.2. The van der Waals surface area contributed by atoms with Gasteiger partial charge in [0.2, 0.25) is 5.91 Å². The van der Waals surface area contributed by atoms with Gasteiger partial charge < -0.3 is 19.5 Å². The third-order valence-corrected chi connectivity index (χ3v) is 7.41. The molecule has 1 heterocycles. The molecule has 220 valence electrons. The molecule has 0 aliphatic carbocycles. The number of thioether (sulfide) groups is 1. The zero-order valence-electron chi connectivity index (χ0n) is 21.9. The number of methoxy groups -OCH3 is 2. The molecule has 42 heavy (non-hydrogen) atoms. The lowest BCUT2D eigenvalue weighted by molar-refractivity contribution is -0.137. The second-order valence-electron chi connectivity index (χ2n) is 8.64. The number of hydrogen-bond donors (Lipinski definition) is 1. The van der Waals surface area contributed by atoms with Gasteiger partial charge in [-0.3, -0.25) is 19.3 Å². The summed E-state index contributed by atoms with van der Waals surface area (Å²) in [6, 6.07) is 12.7. The highest BCUT2D eigenvalue weighted by molar-refractivity contribution is 8.18. The highest BCUT2D eigenvalue weighted by atomic mass is 35.5. The van der Waals surface area contributed by atoms with Crippen LogP contribution in [0.15, 0.2) is 59.5 Å². The van der Waals surface area contributed by atoms with Crippen molar-refractivity contribution < 1.29 is 41.8 Å². The highest BCUT2D eigenvalue weighted by Gasteiger charge is 2.37. The Balaban J connectivity index is 1.49. The Bertz CT molecular complexity index is 1580. The van der Waals surface area contributed by atoms with Gasteiger partial charge in [-0.25, -0.2) is 0 Å². The third-order valence-electron chi connectivity index (χ3n) is 5.86. The van der Waals surface area contributed by atoms with Crippen molar-refractivity contribution in [1.29, 1.82) is 0 Å². The Morgan fingerprint density at radius 3 is 2.38 bits per heavy atom. The number of nitrogens with zero attached hydrogens (tertiary/aromatic N) is 1. The Morgan fingerprint density at radius 2 is 1.71 bits per heavy atom. The van der Waals surface area contributed by atoms with Crippen molar-refractivity contribution in [2.45, 2.75) is 12.8 Å². The SMILES string of the molecule is COc1ccc(C(F)(F)F)cc1NC(=O)CN1C(=O)S/C(=C\c2cc(Cl)c(OCc3ccccc3Cl)c(OC)c2)C1=O. The van der Waals surface area contributed by atoms with E-state index >= 15 is 0 Å². The smallest absolute Gasteiger partial charge is 0.416 e. The van der Waals surface area contributed by atoms with Crippen LogP contribution in [0.5, 0.6) is 17.2 Å². The summed E-state index contributed by atoms with van der Waals surface area (Å²) in [6.07, 6.45) is -3.26. The lowest BCUT2D eigenvalue weighted by Crippen LogP contribution is -2.36. The van der Waals surface area contributed by atoms with Crippen molar-refractivity contribution in [3.05, 3.63) is 86.2 Å². The number of amides is 3. The zero-order valence-corrected chi connectivity index (χ0v) is 24.2. The number of imide groups is 1. The van der Waals surface area contributed by atoms with E-state index in [0.29, 0.717) is 33.3 Å². The summed E-state index contributed by atoms with van der Waals surface area (Å²) < 4.78 is 55.6. The molecule has 0 atom stereocenters. The van der Waals surface area contributed by atoms with E-state index in [1.165, 1.54) is 26.4 Å². The fourth-order valence-corrected chi connectivity index (χ4v) is 5.13. The molecule has 1 N–H and O–H groups in total. The van der Waals surface area contributed by atoms with Gasteiger partial charge in [-0.2, -0.15) is 13.2 Å². The summed E-state index contributed by atoms with van der Waals surface area (Å²) in [4.78, 5) is 38.8. The van der Waals surface area contributed by atoms with Gasteiger partial charge in [-0.1, -0.05) is 41.4 Å². The molecule has 0 radical (unpaired) electrons. The molecule has 0 aromatic heterocycles. The average molecular weight is 641 g/mol. The number of rotatable bonds is 9. The molecular weight excluding hydrogens is 620 g/mol. The van der Waals surface area contributed by atoms with Crippen LogP contribution in [0, 0.1) is 0 Å². The van der Waals surface area contributed by atoms with Gasteiger partial charge in [0.25, 0.3) is 11.1 Å². The molecule has 3 aromatic carbocycles. The number of ether oxygens (including phenoxy) is 3. The monoisotopic (exact) mass is 640 g/mol. The zero-order chi connectivity index (χ0) is 30.6. The minimum absolute atomic E-state index is 0.00713. The summed E-state index contributed by atoms with van der Waals surface area (Å²) in [7, 11) is 2.63. The van der Waals surface area contributed by atoms with Crippen LogP contribution in [0.3, 0.4) is 0 Å². The molecule has 3 amide bonds. The molecule has 1 fully saturated rings. The van der Waals surface area contributed by atoms with Gasteiger partial charge in [0.05, 0.1) is 35.4 Å². The second kappa shape index (κ2) is 13.0. The van der Waals surface area contributed by atoms with E-state index in [1.54, 1.807) is 24.3 Å². The predicted octanol–water partition coefficient (Wildman–Crippen LogP) is 7.28. The van der Waals surface area contributed by atoms with Gasteiger partial charge in [-0.15, -0.1) is 0 Å². The van der Waals surface area contributed by atoms with Gasteiger partial charge >= 0.3 is 6.18 Å². The fourth-order valence-electron chi connectivity index (χ4n) is 3.83. The van der Waals surface area contributed by atoms with E-state index in [2.05, 4.69) is 5.32 Å². The lowest BCUT2D eigenvalue weighted by Gasteiger charge is -2.16. The summed E-state index contributed by atoms with van der Waals surface area (Å²) in [5, 5.41) is 2.21. The minimum Gasteiger partial charge on any atom is -0.495 e. The average Bonchev–Trinajstić information content (AvgIpc) is 3.19. The third kappa shape index (κ3) is 7.12. The second-order valence-corrected chi connectivity index (χ2v) is 10.5. The molecule has 0 unspecified atom stereocenters. The largest absolute Gasteiger partial charge is 0.495 e. The van der Waals surface area contributed by atoms with Crippen LogP contribution in [0.4, 0.5) is 23.7 Å². The standard InChI is InChI=1S/C28H21Cl2F3N2O6S/c1-39-21-8-7-17(28(31,32)33)12-20(21)34-24(36)13-35-26(37)23(42-27(35)38)11-15-9-19(30)25(22(10-15)40-2)41-14-16-5-3-4-6-18(16)29/h3-12H,13-14H2,1-2H3,(H,34,36)/b23-11-. The van der Waals surface area contributed by atoms with Gasteiger partial charge in [-0.05, 0) is 59.8 Å². The number of halogens is 5. The number of carbonyl (C=O) groups is 3. The normalized spacial score (nSPS) is 14.4. The van der Waals surface area contributed by atoms with Crippen LogP contribution in [-0.2, 0) is 22.4 Å². The van der Waals surface area contributed by atoms with E-state index in [1.807, 2.05) is 6.07 Å². The maximum Gasteiger partial charge on any atom is 0.416 e. The number of carbonyl (C=O) groups excluding carboxylic acids is 3. The molecule has 8 nitrogen and oxygen atoms in total. The molecule has 1 aliphatic heterocycles. The number of anilines is 1. The van der Waals surface area contributed by atoms with Gasteiger partial charge in [0.1, 0.15) is 18.9 Å². The molecule has 0 bridgehead atoms. The van der Waals surface area contributed by atoms with Crippen LogP contribution in [0.1, 0.15) is 16.7 Å². The molecule has 0 saturated carbocycles. The lowest BCUT2D eigenvalue weighted by atomic mass is 10.1. The highest BCUT2D eigenvalue weighted by Crippen LogP contribution is 2.40.